The number of nitrogens with one attached hydrogen (secondary N) is 2. The van der Waals surface area contributed by atoms with Gasteiger partial charge in [0.15, 0.2) is 12.4 Å². The standard InChI is InChI=1S/C15H20N2O5S/c1-3-8-16-15(21)17-13(19)9-22-14(20)7-5-11(18)12-6-4-10(2)23-12/h4,6H,3,5,7-9H2,1-2H3,(H2,16,17,19,21). The van der Waals surface area contributed by atoms with Crippen molar-refractivity contribution in [1.82, 2.24) is 10.6 Å². The van der Waals surface area contributed by atoms with E-state index in [-0.39, 0.29) is 18.6 Å². The summed E-state index contributed by atoms with van der Waals surface area (Å²) in [7, 11) is 0. The van der Waals surface area contributed by atoms with Gasteiger partial charge in [-0.25, -0.2) is 4.79 Å². The summed E-state index contributed by atoms with van der Waals surface area (Å²) in [6.07, 6.45) is 0.664. The molecule has 126 valence electrons. The van der Waals surface area contributed by atoms with Gasteiger partial charge < -0.3 is 10.1 Å². The predicted octanol–water partition coefficient (Wildman–Crippen LogP) is 1.80. The van der Waals surface area contributed by atoms with Crippen molar-refractivity contribution < 1.29 is 23.9 Å². The summed E-state index contributed by atoms with van der Waals surface area (Å²) in [6, 6.07) is 2.93. The first-order valence-corrected chi connectivity index (χ1v) is 8.07. The maximum Gasteiger partial charge on any atom is 0.321 e. The number of imide groups is 1. The third-order valence-corrected chi connectivity index (χ3v) is 3.77. The van der Waals surface area contributed by atoms with E-state index < -0.39 is 24.5 Å². The lowest BCUT2D eigenvalue weighted by atomic mass is 10.2. The van der Waals surface area contributed by atoms with Crippen LogP contribution in [0.5, 0.6) is 0 Å². The van der Waals surface area contributed by atoms with Crippen molar-refractivity contribution in [2.45, 2.75) is 33.1 Å². The quantitative estimate of drug-likeness (QED) is 0.555. The van der Waals surface area contributed by atoms with Crippen molar-refractivity contribution in [1.29, 1.82) is 0 Å². The van der Waals surface area contributed by atoms with Gasteiger partial charge in [0.25, 0.3) is 5.91 Å². The number of carbonyl (C=O) groups is 4. The van der Waals surface area contributed by atoms with E-state index in [2.05, 4.69) is 5.32 Å². The summed E-state index contributed by atoms with van der Waals surface area (Å²) in [4.78, 5) is 47.5. The number of esters is 1. The smallest absolute Gasteiger partial charge is 0.321 e. The SMILES string of the molecule is CCCNC(=O)NC(=O)COC(=O)CCC(=O)c1ccc(C)s1. The molecule has 2 N–H and O–H groups in total. The molecular weight excluding hydrogens is 320 g/mol. The highest BCUT2D eigenvalue weighted by molar-refractivity contribution is 7.14. The number of hydrogen-bond acceptors (Lipinski definition) is 6. The number of rotatable bonds is 8. The van der Waals surface area contributed by atoms with Gasteiger partial charge >= 0.3 is 12.0 Å². The number of aryl methyl sites for hydroxylation is 1. The minimum absolute atomic E-state index is 0.0252. The molecule has 0 bridgehead atoms. The van der Waals surface area contributed by atoms with Crippen molar-refractivity contribution in [3.63, 3.8) is 0 Å². The van der Waals surface area contributed by atoms with Crippen LogP contribution in [0.1, 0.15) is 40.7 Å². The zero-order chi connectivity index (χ0) is 17.2. The van der Waals surface area contributed by atoms with Gasteiger partial charge in [0.05, 0.1) is 11.3 Å². The van der Waals surface area contributed by atoms with Gasteiger partial charge in [-0.2, -0.15) is 0 Å². The Balaban J connectivity index is 2.22. The third kappa shape index (κ3) is 7.55. The van der Waals surface area contributed by atoms with E-state index in [4.69, 9.17) is 4.74 Å². The van der Waals surface area contributed by atoms with E-state index in [0.29, 0.717) is 11.4 Å². The first kappa shape index (κ1) is 18.8. The Labute approximate surface area is 138 Å². The summed E-state index contributed by atoms with van der Waals surface area (Å²) in [5.74, 6) is -1.51. The summed E-state index contributed by atoms with van der Waals surface area (Å²) < 4.78 is 4.72. The molecule has 8 heteroatoms. The molecule has 0 unspecified atom stereocenters. The largest absolute Gasteiger partial charge is 0.456 e. The Morgan fingerprint density at radius 1 is 1.17 bits per heavy atom. The van der Waals surface area contributed by atoms with Crippen LogP contribution in [0, 0.1) is 6.92 Å². The van der Waals surface area contributed by atoms with Gasteiger partial charge in [0, 0.05) is 17.8 Å². The number of urea groups is 1. The Morgan fingerprint density at radius 3 is 2.52 bits per heavy atom. The van der Waals surface area contributed by atoms with Crippen molar-refractivity contribution in [2.75, 3.05) is 13.2 Å². The molecule has 0 aliphatic rings. The predicted molar refractivity (Wildman–Crippen MR) is 85.4 cm³/mol. The van der Waals surface area contributed by atoms with Gasteiger partial charge in [0.2, 0.25) is 0 Å². The average Bonchev–Trinajstić information content (AvgIpc) is 2.95. The molecule has 23 heavy (non-hydrogen) atoms. The van der Waals surface area contributed by atoms with Crippen LogP contribution >= 0.6 is 11.3 Å². The normalized spacial score (nSPS) is 10.0. The average molecular weight is 340 g/mol. The number of hydrogen-bond donors (Lipinski definition) is 2. The van der Waals surface area contributed by atoms with Crippen molar-refractivity contribution in [3.8, 4) is 0 Å². The molecule has 0 saturated carbocycles. The Hall–Kier alpha value is -2.22. The zero-order valence-corrected chi connectivity index (χ0v) is 14.0. The first-order chi connectivity index (χ1) is 10.9. The summed E-state index contributed by atoms with van der Waals surface area (Å²) >= 11 is 1.37. The zero-order valence-electron chi connectivity index (χ0n) is 13.1. The lowest BCUT2D eigenvalue weighted by molar-refractivity contribution is -0.148. The Bertz CT molecular complexity index is 582. The van der Waals surface area contributed by atoms with Crippen LogP contribution in [0.4, 0.5) is 4.79 Å². The van der Waals surface area contributed by atoms with Crippen LogP contribution in [0.25, 0.3) is 0 Å². The molecule has 1 heterocycles. The number of carbonyl (C=O) groups excluding carboxylic acids is 4. The van der Waals surface area contributed by atoms with Gasteiger partial charge in [0.1, 0.15) is 0 Å². The van der Waals surface area contributed by atoms with E-state index >= 15 is 0 Å². The Morgan fingerprint density at radius 2 is 1.91 bits per heavy atom. The third-order valence-electron chi connectivity index (χ3n) is 2.72. The fourth-order valence-electron chi connectivity index (χ4n) is 1.59. The fourth-order valence-corrected chi connectivity index (χ4v) is 2.42. The van der Waals surface area contributed by atoms with Gasteiger partial charge in [-0.15, -0.1) is 11.3 Å². The van der Waals surface area contributed by atoms with Crippen LogP contribution in [0.15, 0.2) is 12.1 Å². The molecule has 3 amide bonds. The van der Waals surface area contributed by atoms with Crippen molar-refractivity contribution >= 4 is 35.0 Å². The molecule has 0 saturated heterocycles. The number of amides is 3. The molecule has 0 atom stereocenters. The number of Topliss-reactive ketones (excluding diaryl/α,β-unsaturated/α-hetero) is 1. The fraction of sp³-hybridized carbons (Fsp3) is 0.467. The maximum absolute atomic E-state index is 11.8. The molecule has 0 radical (unpaired) electrons. The highest BCUT2D eigenvalue weighted by atomic mass is 32.1. The molecular formula is C15H20N2O5S. The second kappa shape index (κ2) is 9.73. The molecule has 7 nitrogen and oxygen atoms in total. The van der Waals surface area contributed by atoms with Crippen LogP contribution in [-0.2, 0) is 14.3 Å². The highest BCUT2D eigenvalue weighted by Crippen LogP contribution is 2.17. The first-order valence-electron chi connectivity index (χ1n) is 7.25. The second-order valence-corrected chi connectivity index (χ2v) is 6.09. The van der Waals surface area contributed by atoms with E-state index in [1.54, 1.807) is 6.07 Å². The van der Waals surface area contributed by atoms with Crippen LogP contribution in [0.2, 0.25) is 0 Å². The topological polar surface area (TPSA) is 102 Å². The van der Waals surface area contributed by atoms with E-state index in [9.17, 15) is 19.2 Å². The molecule has 1 rings (SSSR count). The molecule has 0 spiro atoms. The molecule has 1 aromatic rings. The second-order valence-electron chi connectivity index (χ2n) is 4.80. The molecule has 0 aliphatic carbocycles. The van der Waals surface area contributed by atoms with Crippen LogP contribution < -0.4 is 10.6 Å². The molecule has 1 aromatic heterocycles. The summed E-state index contributed by atoms with van der Waals surface area (Å²) in [6.45, 7) is 3.67. The van der Waals surface area contributed by atoms with E-state index in [1.807, 2.05) is 25.2 Å². The Kier molecular flexibility index (Phi) is 7.96. The van der Waals surface area contributed by atoms with Crippen LogP contribution in [-0.4, -0.2) is 36.8 Å². The monoisotopic (exact) mass is 340 g/mol. The minimum Gasteiger partial charge on any atom is -0.456 e. The summed E-state index contributed by atoms with van der Waals surface area (Å²) in [5, 5.41) is 4.49. The van der Waals surface area contributed by atoms with E-state index in [0.717, 1.165) is 11.3 Å². The highest BCUT2D eigenvalue weighted by Gasteiger charge is 2.14. The molecule has 0 aliphatic heterocycles. The lowest BCUT2D eigenvalue weighted by Gasteiger charge is -2.06. The number of thiophene rings is 1. The van der Waals surface area contributed by atoms with Crippen molar-refractivity contribution in [3.05, 3.63) is 21.9 Å². The van der Waals surface area contributed by atoms with Gasteiger partial charge in [-0.05, 0) is 25.5 Å². The minimum atomic E-state index is -0.716. The van der Waals surface area contributed by atoms with Crippen LogP contribution in [0.3, 0.4) is 0 Å². The number of ether oxygens (including phenoxy) is 1. The maximum atomic E-state index is 11.8. The molecule has 0 aromatic carbocycles. The van der Waals surface area contributed by atoms with Crippen molar-refractivity contribution in [2.24, 2.45) is 0 Å². The lowest BCUT2D eigenvalue weighted by Crippen LogP contribution is -2.41. The van der Waals surface area contributed by atoms with Gasteiger partial charge in [-0.3, -0.25) is 19.7 Å². The summed E-state index contributed by atoms with van der Waals surface area (Å²) in [5.41, 5.74) is 0. The van der Waals surface area contributed by atoms with Gasteiger partial charge in [-0.1, -0.05) is 6.92 Å². The number of ketones is 1. The van der Waals surface area contributed by atoms with E-state index in [1.165, 1.54) is 11.3 Å². The molecule has 0 fully saturated rings.